The van der Waals surface area contributed by atoms with Crippen LogP contribution in [0.4, 0.5) is 0 Å². The molecular formula is C35H43N9O. The average molecular weight is 606 g/mol. The Bertz CT molecular complexity index is 1580. The number of hydrogen-bond acceptors (Lipinski definition) is 8. The highest BCUT2D eigenvalue weighted by molar-refractivity contribution is 5.94. The summed E-state index contributed by atoms with van der Waals surface area (Å²) in [6.07, 6.45) is 7.59. The maximum absolute atomic E-state index is 12.7. The van der Waals surface area contributed by atoms with Gasteiger partial charge in [-0.1, -0.05) is 31.4 Å². The van der Waals surface area contributed by atoms with E-state index in [9.17, 15) is 10.1 Å². The number of carbonyl (C=O) groups is 1. The zero-order valence-electron chi connectivity index (χ0n) is 26.5. The summed E-state index contributed by atoms with van der Waals surface area (Å²) in [6.45, 7) is 11.2. The van der Waals surface area contributed by atoms with Crippen molar-refractivity contribution in [2.24, 2.45) is 0 Å². The summed E-state index contributed by atoms with van der Waals surface area (Å²) in [5.41, 5.74) is 7.15. The second-order valence-corrected chi connectivity index (χ2v) is 12.9. The van der Waals surface area contributed by atoms with Gasteiger partial charge in [-0.25, -0.2) is 5.10 Å². The van der Waals surface area contributed by atoms with E-state index in [1.807, 2.05) is 26.1 Å². The monoisotopic (exact) mass is 605 g/mol. The van der Waals surface area contributed by atoms with E-state index in [1.54, 1.807) is 7.05 Å². The third-order valence-corrected chi connectivity index (χ3v) is 10.2. The summed E-state index contributed by atoms with van der Waals surface area (Å²) in [5, 5.41) is 35.6. The van der Waals surface area contributed by atoms with Crippen LogP contribution in [-0.2, 0) is 18.3 Å². The Balaban J connectivity index is 1.47. The Morgan fingerprint density at radius 2 is 1.76 bits per heavy atom. The lowest BCUT2D eigenvalue weighted by atomic mass is 9.60. The zero-order valence-corrected chi connectivity index (χ0v) is 26.5. The van der Waals surface area contributed by atoms with Crippen LogP contribution >= 0.6 is 0 Å². The Kier molecular flexibility index (Phi) is 8.23. The van der Waals surface area contributed by atoms with Gasteiger partial charge >= 0.3 is 0 Å². The van der Waals surface area contributed by atoms with Crippen molar-refractivity contribution in [1.29, 1.82) is 5.26 Å². The van der Waals surface area contributed by atoms with E-state index in [2.05, 4.69) is 85.0 Å². The predicted octanol–water partition coefficient (Wildman–Crippen LogP) is 3.97. The lowest BCUT2D eigenvalue weighted by Crippen LogP contribution is -2.57. The molecule has 2 unspecified atom stereocenters. The molecule has 2 aromatic carbocycles. The van der Waals surface area contributed by atoms with Gasteiger partial charge in [0.1, 0.15) is 6.04 Å². The largest absolute Gasteiger partial charge is 0.388 e. The minimum atomic E-state index is -0.712. The SMILES string of the molecule is C=C(NC)c1ccc2c(c1)CCc1cc(C(=O)NC)ccc1C2(CC1(NCC(=C)N(C(C)C#N)C2CC2)CCC1)c1nnn[nH]1. The number of carbonyl (C=O) groups excluding carboxylic acids is 1. The second kappa shape index (κ2) is 12.1. The number of aromatic amines is 1. The smallest absolute Gasteiger partial charge is 0.251 e. The van der Waals surface area contributed by atoms with Crippen molar-refractivity contribution in [1.82, 2.24) is 41.5 Å². The fraction of sp³-hybridized carbons (Fsp3) is 0.457. The highest BCUT2D eigenvalue weighted by atomic mass is 16.1. The molecule has 6 rings (SSSR count). The molecule has 45 heavy (non-hydrogen) atoms. The Hall–Kier alpha value is -4.49. The van der Waals surface area contributed by atoms with Gasteiger partial charge in [0.25, 0.3) is 5.91 Å². The zero-order chi connectivity index (χ0) is 31.8. The number of tetrazole rings is 1. The van der Waals surface area contributed by atoms with Crippen molar-refractivity contribution < 1.29 is 4.79 Å². The third kappa shape index (κ3) is 5.50. The maximum Gasteiger partial charge on any atom is 0.251 e. The van der Waals surface area contributed by atoms with Crippen molar-refractivity contribution in [2.45, 2.75) is 81.3 Å². The molecule has 234 valence electrons. The van der Waals surface area contributed by atoms with Gasteiger partial charge in [0.15, 0.2) is 5.82 Å². The summed E-state index contributed by atoms with van der Waals surface area (Å²) >= 11 is 0. The summed E-state index contributed by atoms with van der Waals surface area (Å²) in [5.74, 6) is 0.575. The summed E-state index contributed by atoms with van der Waals surface area (Å²) in [6, 6.07) is 15.2. The summed E-state index contributed by atoms with van der Waals surface area (Å²) in [4.78, 5) is 14.9. The topological polar surface area (TPSA) is 135 Å². The molecular weight excluding hydrogens is 562 g/mol. The molecule has 10 heteroatoms. The van der Waals surface area contributed by atoms with E-state index in [-0.39, 0.29) is 17.5 Å². The standard InChI is InChI=1S/C35H43N9O/c1-22(19-36)44(29-11-12-29)23(2)20-39-34(15-6-16-34)21-35(33-40-42-43-41-33)30-13-9-25(24(3)37-4)17-26(30)7-8-27-18-28(32(45)38-5)10-14-31(27)35/h9-10,13-14,17-18,22,29,37,39H,2-3,6-8,11-12,15-16,20-21H2,1,4-5H3,(H,38,45)(H,40,41,42,43). The molecule has 2 fully saturated rings. The van der Waals surface area contributed by atoms with Crippen molar-refractivity contribution >= 4 is 11.6 Å². The van der Waals surface area contributed by atoms with Gasteiger partial charge in [0.05, 0.1) is 11.5 Å². The molecule has 0 bridgehead atoms. The fourth-order valence-corrected chi connectivity index (χ4v) is 7.51. The molecule has 1 amide bonds. The number of H-pyrrole nitrogens is 1. The van der Waals surface area contributed by atoms with Crippen LogP contribution in [-0.4, -0.2) is 69.7 Å². The first-order chi connectivity index (χ1) is 21.7. The number of hydrogen-bond donors (Lipinski definition) is 4. The number of aryl methyl sites for hydroxylation is 2. The van der Waals surface area contributed by atoms with Gasteiger partial charge in [0, 0.05) is 49.2 Å². The number of fused-ring (bicyclic) bond motifs is 2. The third-order valence-electron chi connectivity index (χ3n) is 10.2. The molecule has 0 spiro atoms. The highest BCUT2D eigenvalue weighted by Gasteiger charge is 2.52. The summed E-state index contributed by atoms with van der Waals surface area (Å²) in [7, 11) is 3.54. The van der Waals surface area contributed by atoms with Gasteiger partial charge in [-0.2, -0.15) is 5.26 Å². The molecule has 3 aliphatic rings. The van der Waals surface area contributed by atoms with E-state index < -0.39 is 5.41 Å². The minimum Gasteiger partial charge on any atom is -0.388 e. The van der Waals surface area contributed by atoms with Crippen LogP contribution in [0.1, 0.15) is 89.4 Å². The van der Waals surface area contributed by atoms with Gasteiger partial charge < -0.3 is 20.9 Å². The Labute approximate surface area is 265 Å². The molecule has 3 aliphatic carbocycles. The van der Waals surface area contributed by atoms with Crippen molar-refractivity contribution in [2.75, 3.05) is 20.6 Å². The molecule has 2 atom stereocenters. The van der Waals surface area contributed by atoms with Gasteiger partial charge in [-0.15, -0.1) is 5.10 Å². The van der Waals surface area contributed by atoms with Crippen LogP contribution in [0.15, 0.2) is 55.3 Å². The number of benzene rings is 2. The second-order valence-electron chi connectivity index (χ2n) is 12.9. The first-order valence-electron chi connectivity index (χ1n) is 16.0. The fourth-order valence-electron chi connectivity index (χ4n) is 7.51. The molecule has 1 aromatic heterocycles. The van der Waals surface area contributed by atoms with E-state index >= 15 is 0 Å². The molecule has 3 aromatic rings. The van der Waals surface area contributed by atoms with Gasteiger partial charge in [-0.3, -0.25) is 4.79 Å². The van der Waals surface area contributed by atoms with Crippen molar-refractivity contribution in [3.05, 3.63) is 94.5 Å². The highest BCUT2D eigenvalue weighted by Crippen LogP contribution is 2.52. The van der Waals surface area contributed by atoms with E-state index in [4.69, 9.17) is 0 Å². The van der Waals surface area contributed by atoms with Crippen molar-refractivity contribution in [3.8, 4) is 6.07 Å². The quantitative estimate of drug-likeness (QED) is 0.244. The van der Waals surface area contributed by atoms with Crippen LogP contribution < -0.4 is 16.0 Å². The number of nitrogens with zero attached hydrogens (tertiary/aromatic N) is 5. The molecule has 0 radical (unpaired) electrons. The Morgan fingerprint density at radius 3 is 2.29 bits per heavy atom. The average Bonchev–Trinajstić information content (AvgIpc) is 3.75. The first kappa shape index (κ1) is 30.5. The number of amides is 1. The van der Waals surface area contributed by atoms with Crippen LogP contribution in [0.25, 0.3) is 5.70 Å². The maximum atomic E-state index is 12.7. The lowest BCUT2D eigenvalue weighted by molar-refractivity contribution is 0.0963. The lowest BCUT2D eigenvalue weighted by Gasteiger charge is -2.50. The normalized spacial score (nSPS) is 20.3. The van der Waals surface area contributed by atoms with Crippen molar-refractivity contribution in [3.63, 3.8) is 0 Å². The number of nitrogens with one attached hydrogen (secondary N) is 4. The molecule has 4 N–H and O–H groups in total. The van der Waals surface area contributed by atoms with E-state index in [0.717, 1.165) is 78.6 Å². The molecule has 10 nitrogen and oxygen atoms in total. The molecule has 0 aliphatic heterocycles. The number of nitriles is 1. The predicted molar refractivity (Wildman–Crippen MR) is 174 cm³/mol. The first-order valence-corrected chi connectivity index (χ1v) is 16.0. The van der Waals surface area contributed by atoms with Crippen LogP contribution in [0, 0.1) is 11.3 Å². The van der Waals surface area contributed by atoms with Crippen LogP contribution in [0.5, 0.6) is 0 Å². The van der Waals surface area contributed by atoms with E-state index in [1.165, 1.54) is 5.56 Å². The molecule has 1 heterocycles. The van der Waals surface area contributed by atoms with E-state index in [0.29, 0.717) is 30.4 Å². The molecule has 0 saturated heterocycles. The summed E-state index contributed by atoms with van der Waals surface area (Å²) < 4.78 is 0. The Morgan fingerprint density at radius 1 is 1.09 bits per heavy atom. The van der Waals surface area contributed by atoms with Crippen LogP contribution in [0.3, 0.4) is 0 Å². The van der Waals surface area contributed by atoms with Gasteiger partial charge in [0.2, 0.25) is 0 Å². The van der Waals surface area contributed by atoms with Gasteiger partial charge in [-0.05, 0) is 115 Å². The number of aromatic nitrogens is 4. The minimum absolute atomic E-state index is 0.110. The number of rotatable bonds is 12. The molecule has 2 saturated carbocycles. The van der Waals surface area contributed by atoms with Crippen LogP contribution in [0.2, 0.25) is 0 Å².